The van der Waals surface area contributed by atoms with Gasteiger partial charge in [-0.2, -0.15) is 0 Å². The van der Waals surface area contributed by atoms with Crippen molar-refractivity contribution in [2.45, 2.75) is 24.4 Å². The Bertz CT molecular complexity index is 924. The molecule has 192 valence electrons. The highest BCUT2D eigenvalue weighted by Gasteiger charge is 2.26. The van der Waals surface area contributed by atoms with E-state index >= 15 is 0 Å². The Morgan fingerprint density at radius 2 is 0.861 bits per heavy atom. The minimum atomic E-state index is -0.424. The summed E-state index contributed by atoms with van der Waals surface area (Å²) in [5.74, 6) is 0.856. The van der Waals surface area contributed by atoms with Gasteiger partial charge in [0.05, 0.1) is 37.6 Å². The summed E-state index contributed by atoms with van der Waals surface area (Å²) in [6.45, 7) is 4.73. The standard InChI is InChI=1S/C14H14O6.C12H14O4/c15-13(19-7-11-5-17-11)9-1-2-10(4-3-9)14(16)20-8-12-6-18-12;1-2-10(14-6-12-8-16-12)4-3-9(1)13-5-11-7-15-11/h1-4,11-12H,5-8H2;1-4,11-12H,5-8H2. The molecule has 10 heteroatoms. The Morgan fingerprint density at radius 1 is 0.556 bits per heavy atom. The number of hydrogen-bond donors (Lipinski definition) is 0. The Labute approximate surface area is 208 Å². The van der Waals surface area contributed by atoms with Gasteiger partial charge in [-0.3, -0.25) is 0 Å². The second kappa shape index (κ2) is 11.7. The molecular formula is C26H28O10. The van der Waals surface area contributed by atoms with Gasteiger partial charge >= 0.3 is 11.9 Å². The first-order valence-corrected chi connectivity index (χ1v) is 11.9. The molecule has 10 nitrogen and oxygen atoms in total. The van der Waals surface area contributed by atoms with E-state index in [9.17, 15) is 9.59 Å². The average Bonchev–Trinajstić information content (AvgIpc) is 3.74. The highest BCUT2D eigenvalue weighted by Crippen LogP contribution is 2.20. The molecule has 0 spiro atoms. The number of hydrogen-bond acceptors (Lipinski definition) is 10. The normalized spacial score (nSPS) is 24.4. The van der Waals surface area contributed by atoms with E-state index in [1.54, 1.807) is 24.3 Å². The Morgan fingerprint density at radius 3 is 1.17 bits per heavy atom. The Kier molecular flexibility index (Phi) is 7.97. The maximum Gasteiger partial charge on any atom is 0.338 e. The van der Waals surface area contributed by atoms with Crippen LogP contribution in [0.25, 0.3) is 0 Å². The second-order valence-corrected chi connectivity index (χ2v) is 8.69. The fourth-order valence-electron chi connectivity index (χ4n) is 2.91. The molecule has 2 aromatic rings. The predicted octanol–water partition coefficient (Wildman–Crippen LogP) is 2.04. The van der Waals surface area contributed by atoms with Crippen LogP contribution < -0.4 is 9.47 Å². The van der Waals surface area contributed by atoms with E-state index in [-0.39, 0.29) is 25.4 Å². The fraction of sp³-hybridized carbons (Fsp3) is 0.462. The van der Waals surface area contributed by atoms with Crippen molar-refractivity contribution in [2.75, 3.05) is 52.9 Å². The van der Waals surface area contributed by atoms with Crippen LogP contribution in [-0.2, 0) is 28.4 Å². The molecule has 0 aliphatic carbocycles. The van der Waals surface area contributed by atoms with Crippen molar-refractivity contribution in [3.63, 3.8) is 0 Å². The third-order valence-electron chi connectivity index (χ3n) is 5.46. The van der Waals surface area contributed by atoms with Gasteiger partial charge < -0.3 is 37.9 Å². The first-order chi connectivity index (χ1) is 17.6. The van der Waals surface area contributed by atoms with Gasteiger partial charge in [0.2, 0.25) is 0 Å². The van der Waals surface area contributed by atoms with Gasteiger partial charge in [0.15, 0.2) is 0 Å². The summed E-state index contributed by atoms with van der Waals surface area (Å²) in [5, 5.41) is 0. The predicted molar refractivity (Wildman–Crippen MR) is 123 cm³/mol. The first kappa shape index (κ1) is 24.5. The molecule has 4 aliphatic rings. The summed E-state index contributed by atoms with van der Waals surface area (Å²) in [7, 11) is 0. The van der Waals surface area contributed by atoms with Crippen LogP contribution in [0.3, 0.4) is 0 Å². The van der Waals surface area contributed by atoms with Crippen LogP contribution in [-0.4, -0.2) is 89.2 Å². The Balaban J connectivity index is 0.000000152. The van der Waals surface area contributed by atoms with Gasteiger partial charge in [0.25, 0.3) is 0 Å². The molecule has 4 fully saturated rings. The van der Waals surface area contributed by atoms with Crippen LogP contribution in [0.4, 0.5) is 0 Å². The van der Waals surface area contributed by atoms with E-state index in [2.05, 4.69) is 0 Å². The molecule has 2 aromatic carbocycles. The molecule has 4 atom stereocenters. The zero-order valence-corrected chi connectivity index (χ0v) is 19.7. The number of esters is 2. The van der Waals surface area contributed by atoms with Crippen LogP contribution in [0.5, 0.6) is 11.5 Å². The van der Waals surface area contributed by atoms with Crippen LogP contribution >= 0.6 is 0 Å². The fourth-order valence-corrected chi connectivity index (χ4v) is 2.91. The number of benzene rings is 2. The molecule has 4 saturated heterocycles. The maximum atomic E-state index is 11.7. The zero-order chi connectivity index (χ0) is 24.7. The van der Waals surface area contributed by atoms with Crippen molar-refractivity contribution in [3.8, 4) is 11.5 Å². The second-order valence-electron chi connectivity index (χ2n) is 8.69. The number of rotatable bonds is 12. The number of carbonyl (C=O) groups excluding carboxylic acids is 2. The van der Waals surface area contributed by atoms with E-state index in [0.717, 1.165) is 24.7 Å². The summed E-state index contributed by atoms with van der Waals surface area (Å²) in [4.78, 5) is 23.3. The number of ether oxygens (including phenoxy) is 8. The van der Waals surface area contributed by atoms with Gasteiger partial charge in [-0.05, 0) is 48.5 Å². The van der Waals surface area contributed by atoms with Crippen molar-refractivity contribution in [1.82, 2.24) is 0 Å². The lowest BCUT2D eigenvalue weighted by Gasteiger charge is -2.06. The van der Waals surface area contributed by atoms with Gasteiger partial charge in [0.1, 0.15) is 62.3 Å². The summed E-state index contributed by atoms with van der Waals surface area (Å²) < 4.78 is 41.1. The third-order valence-corrected chi connectivity index (χ3v) is 5.46. The van der Waals surface area contributed by atoms with Gasteiger partial charge in [-0.1, -0.05) is 0 Å². The monoisotopic (exact) mass is 500 g/mol. The Hall–Kier alpha value is -3.18. The highest BCUT2D eigenvalue weighted by atomic mass is 16.6. The van der Waals surface area contributed by atoms with Gasteiger partial charge in [-0.15, -0.1) is 0 Å². The molecule has 0 radical (unpaired) electrons. The molecule has 4 unspecified atom stereocenters. The van der Waals surface area contributed by atoms with Crippen LogP contribution in [0.1, 0.15) is 20.7 Å². The van der Waals surface area contributed by atoms with E-state index in [1.807, 2.05) is 24.3 Å². The summed E-state index contributed by atoms with van der Waals surface area (Å²) in [5.41, 5.74) is 0.792. The smallest absolute Gasteiger partial charge is 0.338 e. The SMILES string of the molecule is O=C(OCC1CO1)c1ccc(C(=O)OCC2CO2)cc1.c1cc(OCC2CO2)ccc1OCC1CO1. The molecule has 6 rings (SSSR count). The topological polar surface area (TPSA) is 121 Å². The molecule has 0 N–H and O–H groups in total. The van der Waals surface area contributed by atoms with E-state index in [0.29, 0.717) is 49.8 Å². The van der Waals surface area contributed by atoms with E-state index in [4.69, 9.17) is 37.9 Å². The number of epoxide rings is 4. The molecule has 0 bridgehead atoms. The highest BCUT2D eigenvalue weighted by molar-refractivity contribution is 5.93. The molecule has 4 aliphatic heterocycles. The van der Waals surface area contributed by atoms with E-state index in [1.165, 1.54) is 0 Å². The molecule has 36 heavy (non-hydrogen) atoms. The zero-order valence-electron chi connectivity index (χ0n) is 19.7. The lowest BCUT2D eigenvalue weighted by molar-refractivity contribution is 0.0463. The third kappa shape index (κ3) is 8.49. The maximum absolute atomic E-state index is 11.7. The van der Waals surface area contributed by atoms with Crippen molar-refractivity contribution < 1.29 is 47.5 Å². The minimum absolute atomic E-state index is 0.0397. The van der Waals surface area contributed by atoms with Crippen molar-refractivity contribution in [2.24, 2.45) is 0 Å². The van der Waals surface area contributed by atoms with Crippen LogP contribution in [0, 0.1) is 0 Å². The average molecular weight is 501 g/mol. The van der Waals surface area contributed by atoms with Crippen LogP contribution in [0.2, 0.25) is 0 Å². The van der Waals surface area contributed by atoms with Crippen molar-refractivity contribution >= 4 is 11.9 Å². The van der Waals surface area contributed by atoms with E-state index < -0.39 is 11.9 Å². The summed E-state index contributed by atoms with van der Waals surface area (Å²) in [6, 6.07) is 13.8. The largest absolute Gasteiger partial charge is 0.491 e. The molecular weight excluding hydrogens is 472 g/mol. The minimum Gasteiger partial charge on any atom is -0.491 e. The van der Waals surface area contributed by atoms with Gasteiger partial charge in [0, 0.05) is 0 Å². The summed E-state index contributed by atoms with van der Waals surface area (Å²) in [6.07, 6.45) is 0.668. The summed E-state index contributed by atoms with van der Waals surface area (Å²) >= 11 is 0. The van der Waals surface area contributed by atoms with Crippen LogP contribution in [0.15, 0.2) is 48.5 Å². The number of carbonyl (C=O) groups is 2. The molecule has 0 saturated carbocycles. The van der Waals surface area contributed by atoms with Crippen molar-refractivity contribution in [3.05, 3.63) is 59.7 Å². The quantitative estimate of drug-likeness (QED) is 0.316. The molecule has 0 aromatic heterocycles. The lowest BCUT2D eigenvalue weighted by Crippen LogP contribution is -2.12. The first-order valence-electron chi connectivity index (χ1n) is 11.9. The van der Waals surface area contributed by atoms with Crippen molar-refractivity contribution in [1.29, 1.82) is 0 Å². The lowest BCUT2D eigenvalue weighted by atomic mass is 10.1. The molecule has 4 heterocycles. The molecule has 0 amide bonds. The van der Waals surface area contributed by atoms with Gasteiger partial charge in [-0.25, -0.2) is 9.59 Å².